The maximum atomic E-state index is 11.6. The zero-order chi connectivity index (χ0) is 12.7. The van der Waals surface area contributed by atoms with Gasteiger partial charge in [-0.2, -0.15) is 0 Å². The highest BCUT2D eigenvalue weighted by atomic mass is 32.2. The van der Waals surface area contributed by atoms with Crippen molar-refractivity contribution in [1.82, 2.24) is 0 Å². The van der Waals surface area contributed by atoms with E-state index in [1.165, 1.54) is 0 Å². The molecule has 4 nitrogen and oxygen atoms in total. The molecule has 0 aromatic rings. The Labute approximate surface area is 103 Å². The van der Waals surface area contributed by atoms with Crippen LogP contribution in [-0.2, 0) is 9.84 Å². The van der Waals surface area contributed by atoms with Crippen LogP contribution in [0.2, 0.25) is 0 Å². The highest BCUT2D eigenvalue weighted by Crippen LogP contribution is 2.50. The van der Waals surface area contributed by atoms with Gasteiger partial charge in [-0.05, 0) is 25.2 Å². The summed E-state index contributed by atoms with van der Waals surface area (Å²) in [6.07, 6.45) is 3.81. The number of hydrogen-bond donors (Lipinski definition) is 2. The topological polar surface area (TPSA) is 74.6 Å². The van der Waals surface area contributed by atoms with Crippen LogP contribution in [-0.4, -0.2) is 42.3 Å². The van der Waals surface area contributed by atoms with Crippen molar-refractivity contribution in [3.8, 4) is 0 Å². The zero-order valence-corrected chi connectivity index (χ0v) is 11.2. The van der Waals surface area contributed by atoms with Gasteiger partial charge < -0.3 is 10.2 Å². The summed E-state index contributed by atoms with van der Waals surface area (Å²) in [5.41, 5.74) is -1.82. The van der Waals surface area contributed by atoms with E-state index in [4.69, 9.17) is 0 Å². The molecule has 0 aromatic carbocycles. The Hall–Kier alpha value is -0.130. The summed E-state index contributed by atoms with van der Waals surface area (Å²) in [6, 6.07) is 0. The Morgan fingerprint density at radius 1 is 1.35 bits per heavy atom. The predicted octanol–water partition coefficient (Wildman–Crippen LogP) is 0.725. The summed E-state index contributed by atoms with van der Waals surface area (Å²) < 4.78 is 23.2. The van der Waals surface area contributed by atoms with Gasteiger partial charge in [0, 0.05) is 5.41 Å². The van der Waals surface area contributed by atoms with Crippen molar-refractivity contribution in [1.29, 1.82) is 0 Å². The summed E-state index contributed by atoms with van der Waals surface area (Å²) in [4.78, 5) is 0. The molecule has 0 spiro atoms. The Morgan fingerprint density at radius 2 is 2.06 bits per heavy atom. The molecule has 0 radical (unpaired) electrons. The van der Waals surface area contributed by atoms with E-state index in [2.05, 4.69) is 6.92 Å². The fourth-order valence-electron chi connectivity index (χ4n) is 3.62. The van der Waals surface area contributed by atoms with E-state index >= 15 is 0 Å². The van der Waals surface area contributed by atoms with Crippen LogP contribution in [0.1, 0.15) is 39.0 Å². The molecule has 2 N–H and O–H groups in total. The largest absolute Gasteiger partial charge is 0.396 e. The molecule has 3 atom stereocenters. The van der Waals surface area contributed by atoms with Gasteiger partial charge in [-0.25, -0.2) is 8.42 Å². The molecule has 2 aliphatic rings. The predicted molar refractivity (Wildman–Crippen MR) is 65.4 cm³/mol. The summed E-state index contributed by atoms with van der Waals surface area (Å²) in [6.45, 7) is 2.00. The molecule has 17 heavy (non-hydrogen) atoms. The van der Waals surface area contributed by atoms with Crippen LogP contribution < -0.4 is 0 Å². The van der Waals surface area contributed by atoms with Gasteiger partial charge in [0.2, 0.25) is 0 Å². The Balaban J connectivity index is 2.29. The highest BCUT2D eigenvalue weighted by Gasteiger charge is 2.56. The first-order chi connectivity index (χ1) is 7.83. The van der Waals surface area contributed by atoms with Crippen LogP contribution >= 0.6 is 0 Å². The van der Waals surface area contributed by atoms with Crippen molar-refractivity contribution in [3.63, 3.8) is 0 Å². The van der Waals surface area contributed by atoms with Crippen molar-refractivity contribution in [2.24, 2.45) is 11.3 Å². The first kappa shape index (κ1) is 13.3. The smallest absolute Gasteiger partial charge is 0.153 e. The first-order valence-corrected chi connectivity index (χ1v) is 8.18. The molecule has 100 valence electrons. The van der Waals surface area contributed by atoms with E-state index in [1.807, 2.05) is 0 Å². The van der Waals surface area contributed by atoms with E-state index < -0.39 is 20.9 Å². The van der Waals surface area contributed by atoms with Crippen LogP contribution in [0.15, 0.2) is 0 Å². The molecule has 1 aliphatic carbocycles. The normalized spacial score (nSPS) is 45.9. The summed E-state index contributed by atoms with van der Waals surface area (Å²) in [5.74, 6) is 0.329. The molecule has 1 heterocycles. The maximum Gasteiger partial charge on any atom is 0.153 e. The molecule has 2 fully saturated rings. The quantitative estimate of drug-likeness (QED) is 0.769. The number of aliphatic hydroxyl groups excluding tert-OH is 1. The van der Waals surface area contributed by atoms with Gasteiger partial charge in [0.15, 0.2) is 9.84 Å². The lowest BCUT2D eigenvalue weighted by molar-refractivity contribution is -0.119. The SMILES string of the molecule is CC1CCCC(CO)(C2(O)CCS(=O)(=O)C2)C1. The van der Waals surface area contributed by atoms with Crippen molar-refractivity contribution in [3.05, 3.63) is 0 Å². The molecule has 0 bridgehead atoms. The number of rotatable bonds is 2. The van der Waals surface area contributed by atoms with Crippen molar-refractivity contribution >= 4 is 9.84 Å². The molecule has 0 amide bonds. The minimum Gasteiger partial charge on any atom is -0.396 e. The van der Waals surface area contributed by atoms with E-state index in [0.717, 1.165) is 25.7 Å². The van der Waals surface area contributed by atoms with Gasteiger partial charge >= 0.3 is 0 Å². The third-order valence-electron chi connectivity index (χ3n) is 4.67. The van der Waals surface area contributed by atoms with Gasteiger partial charge in [-0.1, -0.05) is 19.8 Å². The zero-order valence-electron chi connectivity index (χ0n) is 10.4. The first-order valence-electron chi connectivity index (χ1n) is 6.36. The second kappa shape index (κ2) is 4.21. The van der Waals surface area contributed by atoms with Crippen LogP contribution in [0.4, 0.5) is 0 Å². The Kier molecular flexibility index (Phi) is 3.30. The van der Waals surface area contributed by atoms with Gasteiger partial charge in [0.1, 0.15) is 0 Å². The van der Waals surface area contributed by atoms with Gasteiger partial charge in [0.25, 0.3) is 0 Å². The molecule has 5 heteroatoms. The molecular formula is C12H22O4S. The monoisotopic (exact) mass is 262 g/mol. The third-order valence-corrected chi connectivity index (χ3v) is 6.41. The van der Waals surface area contributed by atoms with Gasteiger partial charge in [0.05, 0.1) is 23.7 Å². The van der Waals surface area contributed by atoms with Gasteiger partial charge in [-0.15, -0.1) is 0 Å². The van der Waals surface area contributed by atoms with E-state index in [9.17, 15) is 18.6 Å². The second-order valence-electron chi connectivity index (χ2n) is 6.01. The van der Waals surface area contributed by atoms with Crippen LogP contribution in [0.3, 0.4) is 0 Å². The Bertz CT molecular complexity index is 391. The highest BCUT2D eigenvalue weighted by molar-refractivity contribution is 7.91. The van der Waals surface area contributed by atoms with E-state index in [-0.39, 0.29) is 24.5 Å². The number of hydrogen-bond acceptors (Lipinski definition) is 4. The molecule has 2 rings (SSSR count). The minimum absolute atomic E-state index is 0.0552. The maximum absolute atomic E-state index is 11.6. The number of aliphatic hydroxyl groups is 2. The molecular weight excluding hydrogens is 240 g/mol. The molecule has 3 unspecified atom stereocenters. The lowest BCUT2D eigenvalue weighted by Crippen LogP contribution is -2.53. The second-order valence-corrected chi connectivity index (χ2v) is 8.20. The molecule has 1 saturated heterocycles. The number of sulfone groups is 1. The third kappa shape index (κ3) is 2.25. The average Bonchev–Trinajstić information content (AvgIpc) is 2.54. The fourth-order valence-corrected chi connectivity index (χ4v) is 5.60. The molecule has 1 saturated carbocycles. The Morgan fingerprint density at radius 3 is 2.53 bits per heavy atom. The summed E-state index contributed by atoms with van der Waals surface area (Å²) in [5, 5.41) is 20.4. The summed E-state index contributed by atoms with van der Waals surface area (Å²) >= 11 is 0. The van der Waals surface area contributed by atoms with Crippen molar-refractivity contribution in [2.75, 3.05) is 18.1 Å². The van der Waals surface area contributed by atoms with E-state index in [1.54, 1.807) is 0 Å². The van der Waals surface area contributed by atoms with Crippen LogP contribution in [0.25, 0.3) is 0 Å². The standard InChI is InChI=1S/C12H22O4S/c1-10-3-2-4-11(7-10,8-13)12(14)5-6-17(15,16)9-12/h10,13-14H,2-9H2,1H3. The van der Waals surface area contributed by atoms with Crippen molar-refractivity contribution in [2.45, 2.75) is 44.6 Å². The molecule has 1 aliphatic heterocycles. The van der Waals surface area contributed by atoms with Crippen molar-refractivity contribution < 1.29 is 18.6 Å². The fraction of sp³-hybridized carbons (Fsp3) is 1.00. The lowest BCUT2D eigenvalue weighted by atomic mass is 9.61. The van der Waals surface area contributed by atoms with Crippen LogP contribution in [0, 0.1) is 11.3 Å². The lowest BCUT2D eigenvalue weighted by Gasteiger charge is -2.48. The average molecular weight is 262 g/mol. The summed E-state index contributed by atoms with van der Waals surface area (Å²) in [7, 11) is -3.13. The minimum atomic E-state index is -3.13. The molecule has 0 aromatic heterocycles. The van der Waals surface area contributed by atoms with E-state index in [0.29, 0.717) is 5.92 Å². The van der Waals surface area contributed by atoms with Gasteiger partial charge in [-0.3, -0.25) is 0 Å². The van der Waals surface area contributed by atoms with Crippen LogP contribution in [0.5, 0.6) is 0 Å².